The van der Waals surface area contributed by atoms with Crippen LogP contribution in [0.3, 0.4) is 0 Å². The predicted octanol–water partition coefficient (Wildman–Crippen LogP) is 0.170. The van der Waals surface area contributed by atoms with Gasteiger partial charge in [0.15, 0.2) is 13.4 Å². The summed E-state index contributed by atoms with van der Waals surface area (Å²) in [6.45, 7) is 0.281. The van der Waals surface area contributed by atoms with Crippen LogP contribution in [0.4, 0.5) is 5.69 Å². The van der Waals surface area contributed by atoms with Crippen LogP contribution in [-0.4, -0.2) is 29.5 Å². The Balaban J connectivity index is 1.56. The van der Waals surface area contributed by atoms with Crippen molar-refractivity contribution in [3.63, 3.8) is 0 Å². The fourth-order valence-electron chi connectivity index (χ4n) is 3.43. The van der Waals surface area contributed by atoms with Gasteiger partial charge in [0.1, 0.15) is 12.2 Å². The SMILES string of the molecule is NC(CC(=O)NC1CCCCC1)=[NH+]OCc1cc([N+](=O)[O-])cc2c1OCOC2. The van der Waals surface area contributed by atoms with Gasteiger partial charge in [-0.15, -0.1) is 0 Å². The second-order valence-electron chi connectivity index (χ2n) is 6.96. The van der Waals surface area contributed by atoms with Crippen molar-refractivity contribution >= 4 is 17.4 Å². The van der Waals surface area contributed by atoms with Crippen molar-refractivity contribution < 1.29 is 29.2 Å². The zero-order valence-electron chi connectivity index (χ0n) is 15.6. The molecule has 0 radical (unpaired) electrons. The van der Waals surface area contributed by atoms with Gasteiger partial charge in [-0.05, 0) is 12.8 Å². The van der Waals surface area contributed by atoms with Crippen molar-refractivity contribution in [2.24, 2.45) is 5.73 Å². The maximum absolute atomic E-state index is 12.0. The number of non-ortho nitro benzene ring substituents is 1. The molecule has 0 aromatic heterocycles. The molecule has 0 spiro atoms. The lowest BCUT2D eigenvalue weighted by Crippen LogP contribution is -2.74. The average molecular weight is 393 g/mol. The van der Waals surface area contributed by atoms with E-state index in [-0.39, 0.29) is 49.9 Å². The van der Waals surface area contributed by atoms with Gasteiger partial charge < -0.3 is 19.6 Å². The van der Waals surface area contributed by atoms with Gasteiger partial charge in [-0.2, -0.15) is 0 Å². The molecule has 1 amide bonds. The summed E-state index contributed by atoms with van der Waals surface area (Å²) in [6.07, 6.45) is 5.47. The Bertz CT molecular complexity index is 761. The van der Waals surface area contributed by atoms with Crippen LogP contribution in [0.2, 0.25) is 0 Å². The van der Waals surface area contributed by atoms with E-state index in [1.807, 2.05) is 0 Å². The smallest absolute Gasteiger partial charge is 0.288 e. The minimum absolute atomic E-state index is 0.00607. The summed E-state index contributed by atoms with van der Waals surface area (Å²) in [4.78, 5) is 28.0. The predicted molar refractivity (Wildman–Crippen MR) is 98.0 cm³/mol. The molecule has 0 atom stereocenters. The van der Waals surface area contributed by atoms with E-state index < -0.39 is 4.92 Å². The van der Waals surface area contributed by atoms with E-state index in [1.165, 1.54) is 18.6 Å². The van der Waals surface area contributed by atoms with Crippen LogP contribution in [0.5, 0.6) is 5.75 Å². The molecular weight excluding hydrogens is 368 g/mol. The molecule has 1 heterocycles. The Morgan fingerprint density at radius 1 is 1.36 bits per heavy atom. The van der Waals surface area contributed by atoms with E-state index in [0.29, 0.717) is 16.9 Å². The molecule has 1 saturated carbocycles. The number of nitro groups is 1. The highest BCUT2D eigenvalue weighted by Gasteiger charge is 2.22. The van der Waals surface area contributed by atoms with E-state index in [9.17, 15) is 14.9 Å². The number of nitro benzene ring substituents is 1. The number of nitrogens with two attached hydrogens (primary N) is 1. The number of amidine groups is 1. The topological polar surface area (TPSA) is 140 Å². The van der Waals surface area contributed by atoms with Crippen LogP contribution in [-0.2, 0) is 27.6 Å². The number of ether oxygens (including phenoxy) is 2. The van der Waals surface area contributed by atoms with Crippen LogP contribution in [0, 0.1) is 10.1 Å². The van der Waals surface area contributed by atoms with E-state index >= 15 is 0 Å². The van der Waals surface area contributed by atoms with Crippen LogP contribution >= 0.6 is 0 Å². The third-order valence-corrected chi connectivity index (χ3v) is 4.73. The highest BCUT2D eigenvalue weighted by molar-refractivity contribution is 5.96. The molecular formula is C18H25N4O6+. The summed E-state index contributed by atoms with van der Waals surface area (Å²) in [5.41, 5.74) is 6.83. The lowest BCUT2D eigenvalue weighted by molar-refractivity contribution is -0.759. The number of hydrogen-bond donors (Lipinski definition) is 3. The number of nitrogens with one attached hydrogen (secondary N) is 2. The Morgan fingerprint density at radius 3 is 2.89 bits per heavy atom. The van der Waals surface area contributed by atoms with Crippen molar-refractivity contribution in [3.8, 4) is 5.75 Å². The summed E-state index contributed by atoms with van der Waals surface area (Å²) in [5.74, 6) is 0.512. The number of fused-ring (bicyclic) bond motifs is 1. The summed E-state index contributed by atoms with van der Waals surface area (Å²) in [6, 6.07) is 3.02. The minimum Gasteiger partial charge on any atom is -0.467 e. The molecule has 0 unspecified atom stereocenters. The van der Waals surface area contributed by atoms with Gasteiger partial charge in [-0.25, -0.2) is 0 Å². The van der Waals surface area contributed by atoms with Gasteiger partial charge in [-0.3, -0.25) is 20.6 Å². The fraction of sp³-hybridized carbons (Fsp3) is 0.556. The molecule has 0 bridgehead atoms. The van der Waals surface area contributed by atoms with Crippen molar-refractivity contribution in [2.45, 2.75) is 57.8 Å². The molecule has 10 nitrogen and oxygen atoms in total. The second kappa shape index (κ2) is 9.36. The summed E-state index contributed by atoms with van der Waals surface area (Å²) in [7, 11) is 0. The Morgan fingerprint density at radius 2 is 2.14 bits per heavy atom. The largest absolute Gasteiger partial charge is 0.467 e. The Hall–Kier alpha value is -2.88. The number of amides is 1. The number of carbonyl (C=O) groups excluding carboxylic acids is 1. The van der Waals surface area contributed by atoms with Gasteiger partial charge in [0.05, 0.1) is 11.5 Å². The molecule has 1 aromatic rings. The van der Waals surface area contributed by atoms with Crippen LogP contribution in [0.1, 0.15) is 49.7 Å². The molecule has 1 aliphatic carbocycles. The summed E-state index contributed by atoms with van der Waals surface area (Å²) in [5, 5.41) is 16.6. The number of rotatable bonds is 7. The molecule has 1 aromatic carbocycles. The van der Waals surface area contributed by atoms with Crippen LogP contribution in [0.15, 0.2) is 12.1 Å². The molecule has 4 N–H and O–H groups in total. The second-order valence-corrected chi connectivity index (χ2v) is 6.96. The Labute approximate surface area is 162 Å². The van der Waals surface area contributed by atoms with E-state index in [2.05, 4.69) is 10.5 Å². The standard InChI is InChI=1S/C18H24N4O6/c19-16(8-17(23)20-14-4-2-1-3-5-14)21-28-10-13-7-15(22(24)25)6-12-9-26-11-27-18(12)13/h6-7,14H,1-5,8-11H2,(H2,19,21)(H,20,23)/p+1. The zero-order valence-corrected chi connectivity index (χ0v) is 15.6. The molecule has 0 saturated heterocycles. The molecule has 2 aliphatic rings. The van der Waals surface area contributed by atoms with Crippen LogP contribution < -0.4 is 20.9 Å². The van der Waals surface area contributed by atoms with Gasteiger partial charge >= 0.3 is 0 Å². The first kappa shape index (κ1) is 19.9. The third kappa shape index (κ3) is 5.32. The lowest BCUT2D eigenvalue weighted by atomic mass is 9.95. The maximum atomic E-state index is 12.0. The highest BCUT2D eigenvalue weighted by atomic mass is 16.7. The minimum atomic E-state index is -0.484. The lowest BCUT2D eigenvalue weighted by Gasteiger charge is -2.22. The zero-order chi connectivity index (χ0) is 19.9. The normalized spacial score (nSPS) is 17.4. The van der Waals surface area contributed by atoms with E-state index in [1.54, 1.807) is 0 Å². The Kier molecular flexibility index (Phi) is 6.64. The van der Waals surface area contributed by atoms with E-state index in [4.69, 9.17) is 20.0 Å². The first-order valence-corrected chi connectivity index (χ1v) is 9.32. The number of hydrogen-bond acceptors (Lipinski definition) is 6. The molecule has 1 aliphatic heterocycles. The first-order chi connectivity index (χ1) is 13.5. The molecule has 3 rings (SSSR count). The third-order valence-electron chi connectivity index (χ3n) is 4.73. The molecule has 1 fully saturated rings. The van der Waals surface area contributed by atoms with Crippen molar-refractivity contribution in [1.82, 2.24) is 5.32 Å². The number of nitrogens with zero attached hydrogens (tertiary/aromatic N) is 1. The van der Waals surface area contributed by atoms with E-state index in [0.717, 1.165) is 25.7 Å². The quantitative estimate of drug-likeness (QED) is 0.260. The van der Waals surface area contributed by atoms with Crippen molar-refractivity contribution in [3.05, 3.63) is 33.4 Å². The van der Waals surface area contributed by atoms with Crippen molar-refractivity contribution in [2.75, 3.05) is 6.79 Å². The molecule has 28 heavy (non-hydrogen) atoms. The highest BCUT2D eigenvalue weighted by Crippen LogP contribution is 2.32. The summed E-state index contributed by atoms with van der Waals surface area (Å²) >= 11 is 0. The van der Waals surface area contributed by atoms with Gasteiger partial charge in [0, 0.05) is 29.3 Å². The van der Waals surface area contributed by atoms with Crippen LogP contribution in [0.25, 0.3) is 0 Å². The van der Waals surface area contributed by atoms with Gasteiger partial charge in [-0.1, -0.05) is 24.4 Å². The monoisotopic (exact) mass is 393 g/mol. The summed E-state index contributed by atoms with van der Waals surface area (Å²) < 4.78 is 10.6. The average Bonchev–Trinajstić information content (AvgIpc) is 2.68. The van der Waals surface area contributed by atoms with Gasteiger partial charge in [0.2, 0.25) is 5.91 Å². The van der Waals surface area contributed by atoms with Crippen molar-refractivity contribution in [1.29, 1.82) is 0 Å². The maximum Gasteiger partial charge on any atom is 0.288 e. The number of benzene rings is 1. The molecule has 152 valence electrons. The first-order valence-electron chi connectivity index (χ1n) is 9.32. The van der Waals surface area contributed by atoms with Gasteiger partial charge in [0.25, 0.3) is 11.5 Å². The molecule has 10 heteroatoms. The fourth-order valence-corrected chi connectivity index (χ4v) is 3.43. The number of carbonyl (C=O) groups is 1.